The number of phenols is 2. The van der Waals surface area contributed by atoms with Crippen molar-refractivity contribution in [3.05, 3.63) is 59.4 Å². The highest BCUT2D eigenvalue weighted by Crippen LogP contribution is 2.29. The van der Waals surface area contributed by atoms with E-state index in [2.05, 4.69) is 5.32 Å². The van der Waals surface area contributed by atoms with Crippen LogP contribution in [0.4, 0.5) is 4.39 Å². The van der Waals surface area contributed by atoms with E-state index in [9.17, 15) is 14.6 Å². The summed E-state index contributed by atoms with van der Waals surface area (Å²) in [6, 6.07) is 10.5. The van der Waals surface area contributed by atoms with Crippen LogP contribution in [0.5, 0.6) is 11.5 Å². The molecule has 0 saturated heterocycles. The first-order chi connectivity index (χ1) is 9.47. The average Bonchev–Trinajstić information content (AvgIpc) is 2.41. The minimum Gasteiger partial charge on any atom is -0.508 e. The molecule has 0 bridgehead atoms. The highest BCUT2D eigenvalue weighted by molar-refractivity contribution is 5.40. The molecule has 0 amide bonds. The smallest absolute Gasteiger partial charge is 0.123 e. The molecule has 3 nitrogen and oxygen atoms in total. The lowest BCUT2D eigenvalue weighted by molar-refractivity contribution is 0.429. The zero-order chi connectivity index (χ0) is 14.7. The quantitative estimate of drug-likeness (QED) is 0.747. The van der Waals surface area contributed by atoms with Gasteiger partial charge in [-0.1, -0.05) is 12.1 Å². The third-order valence-electron chi connectivity index (χ3n) is 3.33. The predicted molar refractivity (Wildman–Crippen MR) is 76.1 cm³/mol. The highest BCUT2D eigenvalue weighted by atomic mass is 19.1. The number of hydrogen-bond acceptors (Lipinski definition) is 3. The summed E-state index contributed by atoms with van der Waals surface area (Å²) < 4.78 is 13.2. The SMILES string of the molecule is CC(N[C@@H](C)c1cccc(F)c1)c1cc(O)ccc1O. The lowest BCUT2D eigenvalue weighted by Crippen LogP contribution is -2.22. The average molecular weight is 275 g/mol. The van der Waals surface area contributed by atoms with E-state index in [1.807, 2.05) is 19.9 Å². The van der Waals surface area contributed by atoms with Crippen LogP contribution in [0.15, 0.2) is 42.5 Å². The molecule has 2 atom stereocenters. The van der Waals surface area contributed by atoms with Crippen LogP contribution in [0.2, 0.25) is 0 Å². The summed E-state index contributed by atoms with van der Waals surface area (Å²) in [5.41, 5.74) is 1.43. The Balaban J connectivity index is 2.15. The number of phenolic OH excluding ortho intramolecular Hbond substituents is 2. The van der Waals surface area contributed by atoms with Gasteiger partial charge < -0.3 is 15.5 Å². The second-order valence-electron chi connectivity index (χ2n) is 4.91. The summed E-state index contributed by atoms with van der Waals surface area (Å²) in [6.45, 7) is 3.80. The Morgan fingerprint density at radius 1 is 1.00 bits per heavy atom. The second-order valence-corrected chi connectivity index (χ2v) is 4.91. The van der Waals surface area contributed by atoms with Gasteiger partial charge in [0.2, 0.25) is 0 Å². The Morgan fingerprint density at radius 3 is 2.45 bits per heavy atom. The van der Waals surface area contributed by atoms with E-state index in [-0.39, 0.29) is 29.4 Å². The van der Waals surface area contributed by atoms with Gasteiger partial charge in [0, 0.05) is 17.6 Å². The van der Waals surface area contributed by atoms with E-state index in [4.69, 9.17) is 0 Å². The number of nitrogens with one attached hydrogen (secondary N) is 1. The van der Waals surface area contributed by atoms with Crippen LogP contribution in [0, 0.1) is 5.82 Å². The molecule has 0 saturated carbocycles. The first kappa shape index (κ1) is 14.3. The Labute approximate surface area is 117 Å². The van der Waals surface area contributed by atoms with Gasteiger partial charge in [0.05, 0.1) is 0 Å². The van der Waals surface area contributed by atoms with Crippen molar-refractivity contribution in [3.8, 4) is 11.5 Å². The van der Waals surface area contributed by atoms with Crippen LogP contribution in [-0.2, 0) is 0 Å². The molecule has 106 valence electrons. The van der Waals surface area contributed by atoms with Crippen LogP contribution in [0.3, 0.4) is 0 Å². The summed E-state index contributed by atoms with van der Waals surface area (Å²) in [4.78, 5) is 0. The van der Waals surface area contributed by atoms with Gasteiger partial charge in [0.1, 0.15) is 17.3 Å². The van der Waals surface area contributed by atoms with Gasteiger partial charge in [-0.2, -0.15) is 0 Å². The summed E-state index contributed by atoms with van der Waals surface area (Å²) >= 11 is 0. The van der Waals surface area contributed by atoms with Gasteiger partial charge >= 0.3 is 0 Å². The largest absolute Gasteiger partial charge is 0.508 e. The Hall–Kier alpha value is -2.07. The summed E-state index contributed by atoms with van der Waals surface area (Å²) in [5, 5.41) is 22.6. The van der Waals surface area contributed by atoms with Crippen LogP contribution >= 0.6 is 0 Å². The van der Waals surface area contributed by atoms with Crippen LogP contribution in [0.1, 0.15) is 37.1 Å². The topological polar surface area (TPSA) is 52.5 Å². The molecule has 0 aliphatic carbocycles. The fourth-order valence-electron chi connectivity index (χ4n) is 2.23. The number of benzene rings is 2. The van der Waals surface area contributed by atoms with E-state index in [1.165, 1.54) is 30.3 Å². The van der Waals surface area contributed by atoms with Crippen LogP contribution in [0.25, 0.3) is 0 Å². The van der Waals surface area contributed by atoms with Gasteiger partial charge in [0.15, 0.2) is 0 Å². The van der Waals surface area contributed by atoms with Crippen LogP contribution < -0.4 is 5.32 Å². The molecule has 2 aromatic rings. The zero-order valence-electron chi connectivity index (χ0n) is 11.5. The summed E-state index contributed by atoms with van der Waals surface area (Å²) in [7, 11) is 0. The summed E-state index contributed by atoms with van der Waals surface area (Å²) in [5.74, 6) is -0.0527. The van der Waals surface area contributed by atoms with Gasteiger partial charge in [-0.05, 0) is 49.7 Å². The molecule has 0 radical (unpaired) electrons. The molecule has 0 spiro atoms. The van der Waals surface area contributed by atoms with Crippen molar-refractivity contribution in [2.75, 3.05) is 0 Å². The Kier molecular flexibility index (Phi) is 4.25. The molecule has 0 aliphatic heterocycles. The Morgan fingerprint density at radius 2 is 1.75 bits per heavy atom. The number of aromatic hydroxyl groups is 2. The fourth-order valence-corrected chi connectivity index (χ4v) is 2.23. The molecular formula is C16H18FNO2. The molecule has 0 aliphatic rings. The number of rotatable bonds is 4. The molecule has 0 fully saturated rings. The van der Waals surface area contributed by atoms with Crippen molar-refractivity contribution in [3.63, 3.8) is 0 Å². The fraction of sp³-hybridized carbons (Fsp3) is 0.250. The van der Waals surface area contributed by atoms with Crippen molar-refractivity contribution in [1.29, 1.82) is 0 Å². The molecule has 0 aromatic heterocycles. The highest BCUT2D eigenvalue weighted by Gasteiger charge is 2.15. The maximum atomic E-state index is 13.2. The third-order valence-corrected chi connectivity index (χ3v) is 3.33. The minimum absolute atomic E-state index is 0.0811. The van der Waals surface area contributed by atoms with Crippen molar-refractivity contribution < 1.29 is 14.6 Å². The normalized spacial score (nSPS) is 13.9. The van der Waals surface area contributed by atoms with Crippen molar-refractivity contribution in [2.24, 2.45) is 0 Å². The van der Waals surface area contributed by atoms with Gasteiger partial charge in [-0.3, -0.25) is 0 Å². The molecule has 4 heteroatoms. The van der Waals surface area contributed by atoms with Gasteiger partial charge in [0.25, 0.3) is 0 Å². The van der Waals surface area contributed by atoms with E-state index in [1.54, 1.807) is 6.07 Å². The van der Waals surface area contributed by atoms with Gasteiger partial charge in [-0.15, -0.1) is 0 Å². The standard InChI is InChI=1S/C16H18FNO2/c1-10(12-4-3-5-13(17)8-12)18-11(2)15-9-14(19)6-7-16(15)20/h3-11,18-20H,1-2H3/t10-,11?/m0/s1. The van der Waals surface area contributed by atoms with Crippen molar-refractivity contribution in [1.82, 2.24) is 5.32 Å². The van der Waals surface area contributed by atoms with E-state index >= 15 is 0 Å². The van der Waals surface area contributed by atoms with Crippen LogP contribution in [-0.4, -0.2) is 10.2 Å². The van der Waals surface area contributed by atoms with Gasteiger partial charge in [-0.25, -0.2) is 4.39 Å². The minimum atomic E-state index is -0.274. The maximum absolute atomic E-state index is 13.2. The molecule has 2 rings (SSSR count). The molecule has 0 heterocycles. The third kappa shape index (κ3) is 3.27. The van der Waals surface area contributed by atoms with E-state index in [0.29, 0.717) is 5.56 Å². The predicted octanol–water partition coefficient (Wildman–Crippen LogP) is 3.65. The van der Waals surface area contributed by atoms with E-state index in [0.717, 1.165) is 5.56 Å². The lowest BCUT2D eigenvalue weighted by Gasteiger charge is -2.21. The summed E-state index contributed by atoms with van der Waals surface area (Å²) in [6.07, 6.45) is 0. The first-order valence-corrected chi connectivity index (χ1v) is 6.50. The Bertz CT molecular complexity index is 601. The second kappa shape index (κ2) is 5.92. The molecule has 3 N–H and O–H groups in total. The van der Waals surface area contributed by atoms with Crippen molar-refractivity contribution >= 4 is 0 Å². The number of hydrogen-bond donors (Lipinski definition) is 3. The van der Waals surface area contributed by atoms with Crippen molar-refractivity contribution in [2.45, 2.75) is 25.9 Å². The van der Waals surface area contributed by atoms with E-state index < -0.39 is 0 Å². The molecular weight excluding hydrogens is 257 g/mol. The number of halogens is 1. The lowest BCUT2D eigenvalue weighted by atomic mass is 10.0. The molecule has 1 unspecified atom stereocenters. The molecule has 2 aromatic carbocycles. The molecule has 20 heavy (non-hydrogen) atoms. The maximum Gasteiger partial charge on any atom is 0.123 e. The first-order valence-electron chi connectivity index (χ1n) is 6.50. The zero-order valence-corrected chi connectivity index (χ0v) is 11.5. The monoisotopic (exact) mass is 275 g/mol.